The summed E-state index contributed by atoms with van der Waals surface area (Å²) >= 11 is 0. The van der Waals surface area contributed by atoms with E-state index in [4.69, 9.17) is 0 Å². The normalized spacial score (nSPS) is 15.3. The van der Waals surface area contributed by atoms with Gasteiger partial charge in [0.05, 0.1) is 5.84 Å². The molecule has 1 unspecified atom stereocenters. The topological polar surface area (TPSA) is 24.4 Å². The highest BCUT2D eigenvalue weighted by Gasteiger charge is 2.10. The van der Waals surface area contributed by atoms with Gasteiger partial charge in [0, 0.05) is 19.0 Å². The minimum Gasteiger partial charge on any atom is -0.367 e. The van der Waals surface area contributed by atoms with Crippen molar-refractivity contribution in [3.63, 3.8) is 0 Å². The number of unbranched alkanes of at least 4 members (excludes halogenated alkanes) is 7. The smallest absolute Gasteiger partial charge is 0.0968 e. The first-order chi connectivity index (χ1) is 11.8. The van der Waals surface area contributed by atoms with Crippen LogP contribution in [0.1, 0.15) is 95.2 Å². The summed E-state index contributed by atoms with van der Waals surface area (Å²) in [6, 6.07) is 9.55. The van der Waals surface area contributed by atoms with Crippen molar-refractivity contribution in [3.8, 4) is 0 Å². The lowest BCUT2D eigenvalue weighted by molar-refractivity contribution is 0.575. The van der Waals surface area contributed by atoms with Gasteiger partial charge in [0.25, 0.3) is 0 Å². The van der Waals surface area contributed by atoms with Crippen molar-refractivity contribution in [2.75, 3.05) is 6.54 Å². The molecule has 0 saturated carbocycles. The maximum atomic E-state index is 4.51. The molecule has 0 amide bonds. The molecule has 2 heteroatoms. The van der Waals surface area contributed by atoms with Crippen LogP contribution in [0.25, 0.3) is 0 Å². The van der Waals surface area contributed by atoms with Gasteiger partial charge < -0.3 is 5.32 Å². The van der Waals surface area contributed by atoms with E-state index in [-0.39, 0.29) is 0 Å². The predicted octanol–water partition coefficient (Wildman–Crippen LogP) is 6.21. The summed E-state index contributed by atoms with van der Waals surface area (Å²) in [5.41, 5.74) is 2.85. The van der Waals surface area contributed by atoms with Gasteiger partial charge in [0.2, 0.25) is 0 Å². The zero-order valence-electron chi connectivity index (χ0n) is 15.8. The molecule has 2 rings (SSSR count). The van der Waals surface area contributed by atoms with Crippen LogP contribution in [0.4, 0.5) is 0 Å². The molecule has 0 radical (unpaired) electrons. The molecular weight excluding hydrogens is 292 g/mol. The molecule has 0 aliphatic carbocycles. The molecule has 0 aromatic heterocycles. The fraction of sp³-hybridized carbons (Fsp3) is 0.682. The van der Waals surface area contributed by atoms with Gasteiger partial charge in [-0.25, -0.2) is 0 Å². The molecule has 0 spiro atoms. The molecule has 134 valence electrons. The van der Waals surface area contributed by atoms with Crippen molar-refractivity contribution >= 4 is 5.84 Å². The van der Waals surface area contributed by atoms with Crippen LogP contribution in [0.2, 0.25) is 0 Å². The number of aliphatic imine (C=N–C) groups is 1. The number of rotatable bonds is 11. The molecule has 1 aliphatic rings. The second-order valence-electron chi connectivity index (χ2n) is 7.26. The summed E-state index contributed by atoms with van der Waals surface area (Å²) in [6.45, 7) is 5.51. The Morgan fingerprint density at radius 2 is 1.62 bits per heavy atom. The van der Waals surface area contributed by atoms with Crippen molar-refractivity contribution < 1.29 is 0 Å². The minimum atomic E-state index is 0.360. The van der Waals surface area contributed by atoms with E-state index in [1.807, 2.05) is 0 Å². The van der Waals surface area contributed by atoms with E-state index in [1.54, 1.807) is 0 Å². The largest absolute Gasteiger partial charge is 0.367 e. The standard InChI is InChI=1S/C22H36N2/c1-3-4-5-6-7-8-9-10-12-20-14-16-21(17-15-20)19(2)24-22-13-11-18-23-22/h14-17,19H,3-13,18H2,1-2H3,(H,23,24). The number of aryl methyl sites for hydroxylation is 1. The van der Waals surface area contributed by atoms with Crippen molar-refractivity contribution in [1.29, 1.82) is 0 Å². The second-order valence-corrected chi connectivity index (χ2v) is 7.26. The first kappa shape index (κ1) is 19.0. The summed E-state index contributed by atoms with van der Waals surface area (Å²) in [5, 5.41) is 3.55. The quantitative estimate of drug-likeness (QED) is 0.480. The van der Waals surface area contributed by atoms with Crippen LogP contribution in [0.5, 0.6) is 0 Å². The highest BCUT2D eigenvalue weighted by atomic mass is 15.0. The van der Waals surface area contributed by atoms with E-state index >= 15 is 0 Å². The highest BCUT2D eigenvalue weighted by Crippen LogP contribution is 2.17. The Morgan fingerprint density at radius 1 is 0.958 bits per heavy atom. The van der Waals surface area contributed by atoms with Crippen molar-refractivity contribution in [2.45, 2.75) is 90.5 Å². The summed E-state index contributed by atoms with van der Waals surface area (Å²) in [4.78, 5) is 4.51. The Labute approximate surface area is 149 Å². The third-order valence-corrected chi connectivity index (χ3v) is 5.06. The summed E-state index contributed by atoms with van der Waals surface area (Å²) in [7, 11) is 0. The molecule has 1 aromatic carbocycles. The maximum absolute atomic E-state index is 4.51. The summed E-state index contributed by atoms with van der Waals surface area (Å²) in [5.74, 6) is 1.19. The fourth-order valence-electron chi connectivity index (χ4n) is 3.43. The molecule has 1 atom stereocenters. The number of nitrogens with zero attached hydrogens (tertiary/aromatic N) is 1. The van der Waals surface area contributed by atoms with E-state index in [0.29, 0.717) is 6.04 Å². The molecule has 2 nitrogen and oxygen atoms in total. The van der Waals surface area contributed by atoms with Gasteiger partial charge in [-0.05, 0) is 37.3 Å². The van der Waals surface area contributed by atoms with Crippen LogP contribution < -0.4 is 5.32 Å². The van der Waals surface area contributed by atoms with Gasteiger partial charge in [-0.2, -0.15) is 0 Å². The van der Waals surface area contributed by atoms with Crippen LogP contribution in [0, 0.1) is 0 Å². The van der Waals surface area contributed by atoms with Crippen LogP contribution >= 0.6 is 0 Å². The molecule has 1 N–H and O–H groups in total. The Balaban J connectivity index is 1.61. The van der Waals surface area contributed by atoms with Crippen molar-refractivity contribution in [3.05, 3.63) is 35.4 Å². The van der Waals surface area contributed by atoms with Crippen molar-refractivity contribution in [2.24, 2.45) is 4.99 Å². The van der Waals surface area contributed by atoms with Gasteiger partial charge in [-0.15, -0.1) is 0 Å². The third kappa shape index (κ3) is 7.07. The molecular formula is C22H36N2. The number of benzene rings is 1. The van der Waals surface area contributed by atoms with E-state index in [2.05, 4.69) is 48.4 Å². The maximum Gasteiger partial charge on any atom is 0.0968 e. The molecule has 0 fully saturated rings. The lowest BCUT2D eigenvalue weighted by Crippen LogP contribution is -2.24. The highest BCUT2D eigenvalue weighted by molar-refractivity contribution is 5.83. The summed E-state index contributed by atoms with van der Waals surface area (Å²) in [6.07, 6.45) is 14.7. The van der Waals surface area contributed by atoms with Crippen LogP contribution in [-0.4, -0.2) is 12.4 Å². The first-order valence-corrected chi connectivity index (χ1v) is 10.2. The van der Waals surface area contributed by atoms with E-state index in [9.17, 15) is 0 Å². The average molecular weight is 329 g/mol. The monoisotopic (exact) mass is 328 g/mol. The Kier molecular flexibility index (Phi) is 8.94. The molecule has 1 aliphatic heterocycles. The second kappa shape index (κ2) is 11.3. The van der Waals surface area contributed by atoms with Crippen molar-refractivity contribution in [1.82, 2.24) is 5.32 Å². The van der Waals surface area contributed by atoms with Gasteiger partial charge in [-0.3, -0.25) is 4.99 Å². The molecule has 1 aromatic rings. The van der Waals surface area contributed by atoms with E-state index in [0.717, 1.165) is 13.0 Å². The molecule has 0 bridgehead atoms. The lowest BCUT2D eigenvalue weighted by Gasteiger charge is -2.16. The van der Waals surface area contributed by atoms with E-state index in [1.165, 1.54) is 81.2 Å². The van der Waals surface area contributed by atoms with Crippen LogP contribution in [0.3, 0.4) is 0 Å². The van der Waals surface area contributed by atoms with E-state index < -0.39 is 0 Å². The number of hydrogen-bond acceptors (Lipinski definition) is 2. The number of nitrogens with one attached hydrogen (secondary N) is 1. The van der Waals surface area contributed by atoms with Crippen LogP contribution in [0.15, 0.2) is 29.3 Å². The predicted molar refractivity (Wildman–Crippen MR) is 106 cm³/mol. The zero-order chi connectivity index (χ0) is 17.0. The average Bonchev–Trinajstić information content (AvgIpc) is 3.11. The van der Waals surface area contributed by atoms with Gasteiger partial charge in [0.15, 0.2) is 0 Å². The van der Waals surface area contributed by atoms with Gasteiger partial charge in [0.1, 0.15) is 0 Å². The molecule has 24 heavy (non-hydrogen) atoms. The molecule has 0 saturated heterocycles. The van der Waals surface area contributed by atoms with Crippen LogP contribution in [-0.2, 0) is 6.42 Å². The lowest BCUT2D eigenvalue weighted by atomic mass is 10.0. The van der Waals surface area contributed by atoms with Gasteiger partial charge in [-0.1, -0.05) is 76.1 Å². The summed E-state index contributed by atoms with van der Waals surface area (Å²) < 4.78 is 0. The Bertz CT molecular complexity index is 475. The van der Waals surface area contributed by atoms with Gasteiger partial charge >= 0.3 is 0 Å². The first-order valence-electron chi connectivity index (χ1n) is 10.2. The number of hydrogen-bond donors (Lipinski definition) is 1. The third-order valence-electron chi connectivity index (χ3n) is 5.06. The fourth-order valence-corrected chi connectivity index (χ4v) is 3.43. The Hall–Kier alpha value is -1.31. The zero-order valence-corrected chi connectivity index (χ0v) is 15.8. The molecule has 1 heterocycles. The minimum absolute atomic E-state index is 0.360. The number of amidine groups is 1. The Morgan fingerprint density at radius 3 is 2.25 bits per heavy atom. The SMILES string of the molecule is CCCCCCCCCCc1ccc(C(C)NC2=NCCC2)cc1.